The van der Waals surface area contributed by atoms with Crippen LogP contribution in [0.3, 0.4) is 0 Å². The molecule has 5 rings (SSSR count). The first-order valence-corrected chi connectivity index (χ1v) is 9.11. The van der Waals surface area contributed by atoms with Crippen LogP contribution >= 0.6 is 0 Å². The summed E-state index contributed by atoms with van der Waals surface area (Å²) in [7, 11) is 0. The van der Waals surface area contributed by atoms with Crippen LogP contribution in [0.5, 0.6) is 0 Å². The lowest BCUT2D eigenvalue weighted by Gasteiger charge is -2.17. The van der Waals surface area contributed by atoms with E-state index in [2.05, 4.69) is 26.3 Å². The van der Waals surface area contributed by atoms with Gasteiger partial charge in [-0.05, 0) is 35.7 Å². The Bertz CT molecular complexity index is 1290. The summed E-state index contributed by atoms with van der Waals surface area (Å²) in [5.74, 6) is -0.246. The Labute approximate surface area is 165 Å². The number of benzene rings is 1. The van der Waals surface area contributed by atoms with Gasteiger partial charge in [0.25, 0.3) is 0 Å². The molecule has 1 aromatic carbocycles. The average molecular weight is 381 g/mol. The molecule has 0 spiro atoms. The molecule has 0 bridgehead atoms. The molecule has 8 nitrogen and oxygen atoms in total. The van der Waals surface area contributed by atoms with E-state index >= 15 is 0 Å². The summed E-state index contributed by atoms with van der Waals surface area (Å²) in [6.07, 6.45) is 6.71. The number of nitrogens with zero attached hydrogens (tertiary/aromatic N) is 6. The third-order valence-corrected chi connectivity index (χ3v) is 5.24. The lowest BCUT2D eigenvalue weighted by molar-refractivity contribution is -0.117. The number of anilines is 1. The van der Waals surface area contributed by atoms with E-state index in [4.69, 9.17) is 4.98 Å². The number of rotatable bonds is 3. The Morgan fingerprint density at radius 3 is 2.93 bits per heavy atom. The maximum Gasteiger partial charge on any atom is 0.235 e. The third-order valence-electron chi connectivity index (χ3n) is 5.24. The fourth-order valence-electron chi connectivity index (χ4n) is 3.71. The molecule has 1 amide bonds. The maximum absolute atomic E-state index is 12.7. The van der Waals surface area contributed by atoms with Crippen molar-refractivity contribution in [1.82, 2.24) is 24.5 Å². The fraction of sp³-hybridized carbons (Fsp3) is 0.143. The summed E-state index contributed by atoms with van der Waals surface area (Å²) in [4.78, 5) is 30.3. The van der Waals surface area contributed by atoms with E-state index in [0.29, 0.717) is 22.9 Å². The number of imidazole rings is 1. The fourth-order valence-corrected chi connectivity index (χ4v) is 3.71. The van der Waals surface area contributed by atoms with Crippen LogP contribution in [0.2, 0.25) is 0 Å². The van der Waals surface area contributed by atoms with Gasteiger partial charge in [0.2, 0.25) is 11.9 Å². The second-order valence-corrected chi connectivity index (χ2v) is 6.94. The Morgan fingerprint density at radius 2 is 2.14 bits per heavy atom. The number of carbonyl (C=O) groups is 1. The van der Waals surface area contributed by atoms with Gasteiger partial charge < -0.3 is 5.32 Å². The number of hydrogen-bond acceptors (Lipinski definition) is 6. The molecule has 4 aromatic rings. The lowest BCUT2D eigenvalue weighted by Crippen LogP contribution is -2.18. The molecule has 4 heterocycles. The minimum Gasteiger partial charge on any atom is -0.323 e. The summed E-state index contributed by atoms with van der Waals surface area (Å²) in [5, 5.41) is 12.1. The largest absolute Gasteiger partial charge is 0.323 e. The monoisotopic (exact) mass is 381 g/mol. The minimum atomic E-state index is -0.444. The van der Waals surface area contributed by atoms with Crippen LogP contribution in [0.4, 0.5) is 5.69 Å². The van der Waals surface area contributed by atoms with Crippen LogP contribution in [0, 0.1) is 11.3 Å². The van der Waals surface area contributed by atoms with E-state index in [1.807, 2.05) is 19.1 Å². The van der Waals surface area contributed by atoms with Crippen LogP contribution in [-0.4, -0.2) is 30.4 Å². The van der Waals surface area contributed by atoms with Gasteiger partial charge in [-0.15, -0.1) is 0 Å². The van der Waals surface area contributed by atoms with Crippen LogP contribution in [0.1, 0.15) is 35.6 Å². The van der Waals surface area contributed by atoms with Crippen LogP contribution in [-0.2, 0) is 4.79 Å². The maximum atomic E-state index is 12.7. The highest BCUT2D eigenvalue weighted by Crippen LogP contribution is 2.40. The second-order valence-electron chi connectivity index (χ2n) is 6.94. The average Bonchev–Trinajstić information content (AvgIpc) is 3.32. The summed E-state index contributed by atoms with van der Waals surface area (Å²) >= 11 is 0. The molecule has 140 valence electrons. The molecule has 8 heteroatoms. The van der Waals surface area contributed by atoms with Crippen molar-refractivity contribution in [3.63, 3.8) is 0 Å². The zero-order chi connectivity index (χ0) is 20.0. The SMILES string of the molecule is C[C@H](c1cccnc1)C1C(=O)Nc2cnc(-n3cnc4ccc(C#N)cc43)nc21. The zero-order valence-corrected chi connectivity index (χ0v) is 15.4. The predicted octanol–water partition coefficient (Wildman–Crippen LogP) is 2.92. The third kappa shape index (κ3) is 2.72. The van der Waals surface area contributed by atoms with E-state index in [0.717, 1.165) is 16.6 Å². The second kappa shape index (κ2) is 6.49. The van der Waals surface area contributed by atoms with Crippen LogP contribution in [0.25, 0.3) is 17.0 Å². The molecule has 2 atom stereocenters. The summed E-state index contributed by atoms with van der Waals surface area (Å²) in [6, 6.07) is 11.2. The first-order valence-electron chi connectivity index (χ1n) is 9.11. The lowest BCUT2D eigenvalue weighted by atomic mass is 9.87. The summed E-state index contributed by atoms with van der Waals surface area (Å²) in [6.45, 7) is 1.99. The molecule has 1 N–H and O–H groups in total. The predicted molar refractivity (Wildman–Crippen MR) is 105 cm³/mol. The molecule has 0 fully saturated rings. The highest BCUT2D eigenvalue weighted by molar-refractivity contribution is 6.02. The standard InChI is InChI=1S/C21H15N7O/c1-12(14-3-2-6-23-9-14)18-19-16(26-20(18)29)10-24-21(27-19)28-11-25-15-5-4-13(8-22)7-17(15)28/h2-7,9-12,18H,1H3,(H,26,29)/t12-,18?/m1/s1. The number of nitrogens with one attached hydrogen (secondary N) is 1. The molecule has 1 aliphatic heterocycles. The van der Waals surface area contributed by atoms with Crippen molar-refractivity contribution in [2.24, 2.45) is 0 Å². The highest BCUT2D eigenvalue weighted by atomic mass is 16.2. The molecule has 3 aromatic heterocycles. The van der Waals surface area contributed by atoms with Gasteiger partial charge in [-0.1, -0.05) is 13.0 Å². The van der Waals surface area contributed by atoms with Crippen LogP contribution < -0.4 is 5.32 Å². The number of pyridine rings is 1. The Kier molecular flexibility index (Phi) is 3.81. The van der Waals surface area contributed by atoms with Gasteiger partial charge in [-0.25, -0.2) is 15.0 Å². The first kappa shape index (κ1) is 17.0. The topological polar surface area (TPSA) is 109 Å². The molecule has 29 heavy (non-hydrogen) atoms. The summed E-state index contributed by atoms with van der Waals surface area (Å²) < 4.78 is 1.73. The van der Waals surface area contributed by atoms with Gasteiger partial charge in [-0.2, -0.15) is 5.26 Å². The summed E-state index contributed by atoms with van der Waals surface area (Å²) in [5.41, 5.74) is 4.23. The molecule has 1 unspecified atom stereocenters. The molecular formula is C21H15N7O. The van der Waals surface area contributed by atoms with Crippen molar-refractivity contribution < 1.29 is 4.79 Å². The Morgan fingerprint density at radius 1 is 1.24 bits per heavy atom. The van der Waals surface area contributed by atoms with Gasteiger partial charge in [0.1, 0.15) is 6.33 Å². The molecule has 0 saturated heterocycles. The molecule has 0 saturated carbocycles. The van der Waals surface area contributed by atoms with E-state index in [1.54, 1.807) is 47.7 Å². The van der Waals surface area contributed by atoms with Gasteiger partial charge in [-0.3, -0.25) is 14.3 Å². The number of fused-ring (bicyclic) bond motifs is 2. The van der Waals surface area contributed by atoms with E-state index < -0.39 is 5.92 Å². The van der Waals surface area contributed by atoms with Gasteiger partial charge >= 0.3 is 0 Å². The highest BCUT2D eigenvalue weighted by Gasteiger charge is 2.37. The smallest absolute Gasteiger partial charge is 0.235 e. The van der Waals surface area contributed by atoms with E-state index in [-0.39, 0.29) is 11.8 Å². The molecule has 0 aliphatic carbocycles. The van der Waals surface area contributed by atoms with Crippen molar-refractivity contribution in [2.75, 3.05) is 5.32 Å². The van der Waals surface area contributed by atoms with E-state index in [9.17, 15) is 10.1 Å². The molecule has 0 radical (unpaired) electrons. The minimum absolute atomic E-state index is 0.0996. The Hall–Kier alpha value is -4.12. The van der Waals surface area contributed by atoms with Crippen LogP contribution in [0.15, 0.2) is 55.2 Å². The zero-order valence-electron chi connectivity index (χ0n) is 15.4. The van der Waals surface area contributed by atoms with Crippen molar-refractivity contribution >= 4 is 22.6 Å². The number of aromatic nitrogens is 5. The number of carbonyl (C=O) groups excluding carboxylic acids is 1. The van der Waals surface area contributed by atoms with Crippen molar-refractivity contribution in [2.45, 2.75) is 18.8 Å². The van der Waals surface area contributed by atoms with Gasteiger partial charge in [0.05, 0.1) is 46.2 Å². The Balaban J connectivity index is 1.61. The number of nitriles is 1. The van der Waals surface area contributed by atoms with Gasteiger partial charge in [0.15, 0.2) is 0 Å². The quantitative estimate of drug-likeness (QED) is 0.584. The van der Waals surface area contributed by atoms with Crippen molar-refractivity contribution in [3.05, 3.63) is 72.1 Å². The van der Waals surface area contributed by atoms with E-state index in [1.165, 1.54) is 0 Å². The number of amides is 1. The molecular weight excluding hydrogens is 366 g/mol. The van der Waals surface area contributed by atoms with Crippen molar-refractivity contribution in [1.29, 1.82) is 5.26 Å². The van der Waals surface area contributed by atoms with Crippen molar-refractivity contribution in [3.8, 4) is 12.0 Å². The molecule has 1 aliphatic rings. The number of hydrogen-bond donors (Lipinski definition) is 1. The normalized spacial score (nSPS) is 16.3. The van der Waals surface area contributed by atoms with Gasteiger partial charge in [0, 0.05) is 12.4 Å². The first-order chi connectivity index (χ1) is 14.2.